The third-order valence-electron chi connectivity index (χ3n) is 2.36. The van der Waals surface area contributed by atoms with Gasteiger partial charge in [-0.15, -0.1) is 0 Å². The van der Waals surface area contributed by atoms with Crippen LogP contribution in [0.4, 0.5) is 4.39 Å². The zero-order valence-electron chi connectivity index (χ0n) is 9.29. The van der Waals surface area contributed by atoms with Crippen molar-refractivity contribution in [2.45, 2.75) is 19.4 Å². The predicted molar refractivity (Wildman–Crippen MR) is 65.8 cm³/mol. The molecule has 1 aromatic rings. The molecule has 0 aromatic heterocycles. The largest absolute Gasteiger partial charge is 0.309 e. The van der Waals surface area contributed by atoms with Crippen molar-refractivity contribution in [2.24, 2.45) is 0 Å². The maximum Gasteiger partial charge on any atom is 0.123 e. The van der Waals surface area contributed by atoms with Crippen LogP contribution in [0.1, 0.15) is 24.9 Å². The predicted octanol–water partition coefficient (Wildman–Crippen LogP) is 3.23. The van der Waals surface area contributed by atoms with E-state index in [1.54, 1.807) is 12.1 Å². The average molecular weight is 227 g/mol. The lowest BCUT2D eigenvalue weighted by Gasteiger charge is -2.17. The Morgan fingerprint density at radius 2 is 2.27 bits per heavy atom. The first-order valence-corrected chi connectivity index (χ1v) is 6.65. The minimum Gasteiger partial charge on any atom is -0.309 e. The summed E-state index contributed by atoms with van der Waals surface area (Å²) in [7, 11) is 0. The highest BCUT2D eigenvalue weighted by atomic mass is 32.2. The van der Waals surface area contributed by atoms with E-state index in [2.05, 4.69) is 18.5 Å². The van der Waals surface area contributed by atoms with Crippen LogP contribution in [0.3, 0.4) is 0 Å². The first kappa shape index (κ1) is 12.5. The Balaban J connectivity index is 2.57. The molecule has 3 heteroatoms. The van der Waals surface area contributed by atoms with Gasteiger partial charge < -0.3 is 5.32 Å². The Bertz CT molecular complexity index is 291. The molecule has 0 aliphatic rings. The monoisotopic (exact) mass is 227 g/mol. The van der Waals surface area contributed by atoms with Gasteiger partial charge in [-0.3, -0.25) is 0 Å². The highest BCUT2D eigenvalue weighted by molar-refractivity contribution is 7.98. The normalized spacial score (nSPS) is 12.7. The molecule has 0 spiro atoms. The summed E-state index contributed by atoms with van der Waals surface area (Å²) in [5.74, 6) is 0.934. The molecule has 1 atom stereocenters. The summed E-state index contributed by atoms with van der Waals surface area (Å²) in [4.78, 5) is 0. The van der Waals surface area contributed by atoms with Gasteiger partial charge in [-0.25, -0.2) is 4.39 Å². The third kappa shape index (κ3) is 4.22. The molecule has 84 valence electrons. The van der Waals surface area contributed by atoms with Crippen molar-refractivity contribution >= 4 is 11.8 Å². The number of hydrogen-bond acceptors (Lipinski definition) is 2. The molecular formula is C12H18FNS. The quantitative estimate of drug-likeness (QED) is 0.749. The van der Waals surface area contributed by atoms with E-state index in [9.17, 15) is 4.39 Å². The van der Waals surface area contributed by atoms with Gasteiger partial charge in [0.2, 0.25) is 0 Å². The topological polar surface area (TPSA) is 12.0 Å². The van der Waals surface area contributed by atoms with Crippen molar-refractivity contribution in [2.75, 3.05) is 18.6 Å². The second-order valence-electron chi connectivity index (χ2n) is 3.46. The van der Waals surface area contributed by atoms with Crippen LogP contribution in [0.25, 0.3) is 0 Å². The molecule has 0 amide bonds. The Labute approximate surface area is 95.5 Å². The Morgan fingerprint density at radius 3 is 2.87 bits per heavy atom. The van der Waals surface area contributed by atoms with Gasteiger partial charge in [-0.05, 0) is 30.4 Å². The van der Waals surface area contributed by atoms with E-state index in [-0.39, 0.29) is 11.9 Å². The van der Waals surface area contributed by atoms with Crippen molar-refractivity contribution in [1.82, 2.24) is 5.32 Å². The van der Waals surface area contributed by atoms with E-state index >= 15 is 0 Å². The van der Waals surface area contributed by atoms with Crippen LogP contribution in [0.2, 0.25) is 0 Å². The van der Waals surface area contributed by atoms with Gasteiger partial charge in [0.05, 0.1) is 0 Å². The minimum absolute atomic E-state index is 0.155. The summed E-state index contributed by atoms with van der Waals surface area (Å²) < 4.78 is 13.0. The number of hydrogen-bond donors (Lipinski definition) is 1. The summed E-state index contributed by atoms with van der Waals surface area (Å²) in [5.41, 5.74) is 1.04. The van der Waals surface area contributed by atoms with Crippen LogP contribution >= 0.6 is 11.8 Å². The maximum absolute atomic E-state index is 13.0. The molecule has 1 nitrogen and oxygen atoms in total. The van der Waals surface area contributed by atoms with Crippen molar-refractivity contribution < 1.29 is 4.39 Å². The minimum atomic E-state index is -0.155. The molecule has 0 heterocycles. The van der Waals surface area contributed by atoms with Gasteiger partial charge in [-0.2, -0.15) is 11.8 Å². The van der Waals surface area contributed by atoms with Crippen molar-refractivity contribution in [3.05, 3.63) is 35.6 Å². The lowest BCUT2D eigenvalue weighted by Crippen LogP contribution is -2.23. The zero-order valence-corrected chi connectivity index (χ0v) is 10.1. The second kappa shape index (κ2) is 6.85. The summed E-state index contributed by atoms with van der Waals surface area (Å²) in [6, 6.07) is 7.11. The van der Waals surface area contributed by atoms with Crippen molar-refractivity contribution in [3.8, 4) is 0 Å². The lowest BCUT2D eigenvalue weighted by molar-refractivity contribution is 0.533. The molecule has 0 bridgehead atoms. The van der Waals surface area contributed by atoms with Gasteiger partial charge in [0, 0.05) is 18.3 Å². The lowest BCUT2D eigenvalue weighted by atomic mass is 10.0. The summed E-state index contributed by atoms with van der Waals surface area (Å²) in [6.07, 6.45) is 3.07. The molecule has 0 saturated heterocycles. The molecule has 0 radical (unpaired) electrons. The van der Waals surface area contributed by atoms with E-state index in [0.717, 1.165) is 24.3 Å². The molecule has 15 heavy (non-hydrogen) atoms. The first-order chi connectivity index (χ1) is 7.27. The summed E-state index contributed by atoms with van der Waals surface area (Å²) >= 11 is 1.82. The number of thioether (sulfide) groups is 1. The second-order valence-corrected chi connectivity index (χ2v) is 4.45. The molecule has 0 fully saturated rings. The number of rotatable bonds is 6. The van der Waals surface area contributed by atoms with Crippen LogP contribution < -0.4 is 5.32 Å². The van der Waals surface area contributed by atoms with Crippen LogP contribution in [0, 0.1) is 5.82 Å². The summed E-state index contributed by atoms with van der Waals surface area (Å²) in [6.45, 7) is 3.08. The fourth-order valence-electron chi connectivity index (χ4n) is 1.56. The van der Waals surface area contributed by atoms with Gasteiger partial charge in [0.25, 0.3) is 0 Å². The molecule has 0 saturated carbocycles. The molecule has 1 aromatic carbocycles. The number of benzene rings is 1. The van der Waals surface area contributed by atoms with Crippen molar-refractivity contribution in [3.63, 3.8) is 0 Å². The van der Waals surface area contributed by atoms with Gasteiger partial charge in [0.15, 0.2) is 0 Å². The van der Waals surface area contributed by atoms with E-state index in [4.69, 9.17) is 0 Å². The smallest absolute Gasteiger partial charge is 0.123 e. The number of halogens is 1. The fourth-order valence-corrected chi connectivity index (χ4v) is 1.88. The Hall–Kier alpha value is -0.540. The standard InChI is InChI=1S/C12H18FNS/c1-3-12(14-7-8-15-2)10-5-4-6-11(13)9-10/h4-6,9,12,14H,3,7-8H2,1-2H3. The SMILES string of the molecule is CCC(NCCSC)c1cccc(F)c1. The van der Waals surface area contributed by atoms with Crippen LogP contribution in [0.5, 0.6) is 0 Å². The molecule has 1 rings (SSSR count). The third-order valence-corrected chi connectivity index (χ3v) is 2.97. The van der Waals surface area contributed by atoms with Gasteiger partial charge in [-0.1, -0.05) is 19.1 Å². The molecule has 1 unspecified atom stereocenters. The van der Waals surface area contributed by atoms with Gasteiger partial charge in [0.1, 0.15) is 5.82 Å². The van der Waals surface area contributed by atoms with E-state index in [0.29, 0.717) is 0 Å². The molecule has 0 aliphatic carbocycles. The zero-order chi connectivity index (χ0) is 11.1. The highest BCUT2D eigenvalue weighted by Crippen LogP contribution is 2.17. The summed E-state index contributed by atoms with van der Waals surface area (Å²) in [5, 5.41) is 3.43. The molecule has 1 N–H and O–H groups in total. The van der Waals surface area contributed by atoms with Gasteiger partial charge >= 0.3 is 0 Å². The fraction of sp³-hybridized carbons (Fsp3) is 0.500. The van der Waals surface area contributed by atoms with Crippen LogP contribution in [-0.2, 0) is 0 Å². The van der Waals surface area contributed by atoms with Crippen LogP contribution in [-0.4, -0.2) is 18.6 Å². The Morgan fingerprint density at radius 1 is 1.47 bits per heavy atom. The molecular weight excluding hydrogens is 209 g/mol. The Kier molecular flexibility index (Phi) is 5.73. The van der Waals surface area contributed by atoms with E-state index in [1.165, 1.54) is 6.07 Å². The van der Waals surface area contributed by atoms with E-state index < -0.39 is 0 Å². The average Bonchev–Trinajstić information content (AvgIpc) is 2.24. The number of nitrogens with one attached hydrogen (secondary N) is 1. The highest BCUT2D eigenvalue weighted by Gasteiger charge is 2.08. The van der Waals surface area contributed by atoms with Crippen molar-refractivity contribution in [1.29, 1.82) is 0 Å². The van der Waals surface area contributed by atoms with E-state index in [1.807, 2.05) is 17.8 Å². The molecule has 0 aliphatic heterocycles. The maximum atomic E-state index is 13.0. The first-order valence-electron chi connectivity index (χ1n) is 5.25. The van der Waals surface area contributed by atoms with Crippen LogP contribution in [0.15, 0.2) is 24.3 Å².